The molecule has 0 bridgehead atoms. The molecule has 3 N–H and O–H groups in total. The fourth-order valence-electron chi connectivity index (χ4n) is 2.37. The molecule has 0 amide bonds. The molecule has 7 heteroatoms. The third kappa shape index (κ3) is 3.99. The van der Waals surface area contributed by atoms with E-state index in [4.69, 9.17) is 5.73 Å². The average Bonchev–Trinajstić information content (AvgIpc) is 2.39. The second-order valence-corrected chi connectivity index (χ2v) is 6.71. The molecule has 0 saturated heterocycles. The lowest BCUT2D eigenvalue weighted by Gasteiger charge is -2.22. The molecule has 0 spiro atoms. The molecule has 0 saturated carbocycles. The third-order valence-electron chi connectivity index (χ3n) is 3.74. The Hall–Kier alpha value is -1.05. The normalized spacial score (nSPS) is 13.7. The first-order valence-corrected chi connectivity index (χ1v) is 8.46. The molecule has 4 nitrogen and oxygen atoms in total. The van der Waals surface area contributed by atoms with Gasteiger partial charge >= 0.3 is 0 Å². The fourth-order valence-corrected chi connectivity index (χ4v) is 3.79. The van der Waals surface area contributed by atoms with E-state index in [1.807, 2.05) is 13.8 Å². The minimum absolute atomic E-state index is 0.150. The maximum absolute atomic E-state index is 14.1. The number of hydrogen-bond acceptors (Lipinski definition) is 3. The first-order valence-electron chi connectivity index (χ1n) is 6.97. The van der Waals surface area contributed by atoms with Gasteiger partial charge in [0.1, 0.15) is 10.7 Å². The number of hydrogen-bond donors (Lipinski definition) is 2. The maximum atomic E-state index is 14.1. The second kappa shape index (κ2) is 7.29. The molecule has 0 aliphatic carbocycles. The maximum Gasteiger partial charge on any atom is 0.243 e. The lowest BCUT2D eigenvalue weighted by Crippen LogP contribution is -2.38. The van der Waals surface area contributed by atoms with E-state index in [0.29, 0.717) is 0 Å². The van der Waals surface area contributed by atoms with Gasteiger partial charge in [-0.1, -0.05) is 26.7 Å². The molecule has 1 rings (SSSR count). The Morgan fingerprint density at radius 2 is 1.81 bits per heavy atom. The van der Waals surface area contributed by atoms with Crippen molar-refractivity contribution < 1.29 is 17.2 Å². The van der Waals surface area contributed by atoms with E-state index >= 15 is 0 Å². The van der Waals surface area contributed by atoms with Crippen molar-refractivity contribution in [1.82, 2.24) is 4.72 Å². The Labute approximate surface area is 124 Å². The van der Waals surface area contributed by atoms with E-state index in [2.05, 4.69) is 4.72 Å². The highest BCUT2D eigenvalue weighted by molar-refractivity contribution is 7.89. The molecule has 1 unspecified atom stereocenters. The average molecular weight is 320 g/mol. The van der Waals surface area contributed by atoms with Crippen molar-refractivity contribution in [2.24, 2.45) is 11.7 Å². The molecule has 1 aromatic carbocycles. The van der Waals surface area contributed by atoms with Crippen LogP contribution in [0.25, 0.3) is 0 Å². The topological polar surface area (TPSA) is 72.2 Å². The van der Waals surface area contributed by atoms with E-state index in [1.54, 1.807) is 6.92 Å². The largest absolute Gasteiger partial charge is 0.326 e. The third-order valence-corrected chi connectivity index (χ3v) is 5.32. The van der Waals surface area contributed by atoms with Crippen LogP contribution in [0.5, 0.6) is 0 Å². The number of halogens is 2. The number of sulfonamides is 1. The summed E-state index contributed by atoms with van der Waals surface area (Å²) in [6, 6.07) is 1.50. The van der Waals surface area contributed by atoms with Crippen molar-refractivity contribution in [3.63, 3.8) is 0 Å². The van der Waals surface area contributed by atoms with E-state index in [-0.39, 0.29) is 12.0 Å². The second-order valence-electron chi connectivity index (χ2n) is 5.03. The van der Waals surface area contributed by atoms with E-state index in [1.165, 1.54) is 0 Å². The van der Waals surface area contributed by atoms with Crippen LogP contribution in [0.4, 0.5) is 8.78 Å². The van der Waals surface area contributed by atoms with Gasteiger partial charge in [-0.3, -0.25) is 0 Å². The Morgan fingerprint density at radius 3 is 2.29 bits per heavy atom. The fraction of sp³-hybridized carbons (Fsp3) is 0.571. The van der Waals surface area contributed by atoms with Crippen LogP contribution in [0.2, 0.25) is 0 Å². The number of rotatable bonds is 7. The molecule has 0 heterocycles. The first kappa shape index (κ1) is 18.0. The summed E-state index contributed by atoms with van der Waals surface area (Å²) in [5.41, 5.74) is 4.84. The molecular weight excluding hydrogens is 298 g/mol. The van der Waals surface area contributed by atoms with Gasteiger partial charge in [0.15, 0.2) is 5.82 Å². The molecule has 1 atom stereocenters. The van der Waals surface area contributed by atoms with Crippen LogP contribution < -0.4 is 10.5 Å². The summed E-state index contributed by atoms with van der Waals surface area (Å²) >= 11 is 0. The van der Waals surface area contributed by atoms with Gasteiger partial charge in [0, 0.05) is 18.2 Å². The molecule has 0 aromatic heterocycles. The van der Waals surface area contributed by atoms with Crippen LogP contribution in [-0.4, -0.2) is 14.5 Å². The molecule has 1 aromatic rings. The van der Waals surface area contributed by atoms with Crippen LogP contribution in [0.3, 0.4) is 0 Å². The number of nitrogens with one attached hydrogen (secondary N) is 1. The summed E-state index contributed by atoms with van der Waals surface area (Å²) in [4.78, 5) is -0.567. The standard InChI is InChI=1S/C14H22F2N2O2S/c1-4-10(5-2)9(3)18-21(19,20)13-7-6-12(15)11(8-17)14(13)16/h6-7,9-10,18H,4-5,8,17H2,1-3H3. The van der Waals surface area contributed by atoms with Crippen molar-refractivity contribution in [2.45, 2.75) is 51.1 Å². The number of nitrogens with two attached hydrogens (primary N) is 1. The van der Waals surface area contributed by atoms with E-state index in [9.17, 15) is 17.2 Å². The molecule has 120 valence electrons. The smallest absolute Gasteiger partial charge is 0.243 e. The summed E-state index contributed by atoms with van der Waals surface area (Å²) in [5.74, 6) is -1.82. The van der Waals surface area contributed by atoms with E-state index in [0.717, 1.165) is 25.0 Å². The van der Waals surface area contributed by atoms with Crippen LogP contribution in [0.1, 0.15) is 39.2 Å². The van der Waals surface area contributed by atoms with Crippen LogP contribution in [-0.2, 0) is 16.6 Å². The van der Waals surface area contributed by atoms with Crippen molar-refractivity contribution in [3.05, 3.63) is 29.3 Å². The summed E-state index contributed by atoms with van der Waals surface area (Å²) in [5, 5.41) is 0. The van der Waals surface area contributed by atoms with Crippen molar-refractivity contribution in [2.75, 3.05) is 0 Å². The highest BCUT2D eigenvalue weighted by Gasteiger charge is 2.26. The zero-order valence-electron chi connectivity index (χ0n) is 12.5. The summed E-state index contributed by atoms with van der Waals surface area (Å²) in [7, 11) is -4.05. The SMILES string of the molecule is CCC(CC)C(C)NS(=O)(=O)c1ccc(F)c(CN)c1F. The highest BCUT2D eigenvalue weighted by Crippen LogP contribution is 2.22. The lowest BCUT2D eigenvalue weighted by molar-refractivity contribution is 0.390. The monoisotopic (exact) mass is 320 g/mol. The van der Waals surface area contributed by atoms with Crippen molar-refractivity contribution >= 4 is 10.0 Å². The van der Waals surface area contributed by atoms with Gasteiger partial charge in [0.25, 0.3) is 0 Å². The summed E-state index contributed by atoms with van der Waals surface area (Å²) in [6.45, 7) is 5.26. The van der Waals surface area contributed by atoms with Gasteiger partial charge in [-0.05, 0) is 25.0 Å². The summed E-state index contributed by atoms with van der Waals surface area (Å²) < 4.78 is 54.5. The van der Waals surface area contributed by atoms with Gasteiger partial charge < -0.3 is 5.73 Å². The van der Waals surface area contributed by atoms with Gasteiger partial charge in [0.05, 0.1) is 0 Å². The van der Waals surface area contributed by atoms with Crippen molar-refractivity contribution in [3.8, 4) is 0 Å². The molecule has 0 aliphatic heterocycles. The Bertz CT molecular complexity index is 587. The molecule has 21 heavy (non-hydrogen) atoms. The molecule has 0 fully saturated rings. The molecule has 0 radical (unpaired) electrons. The minimum atomic E-state index is -4.05. The van der Waals surface area contributed by atoms with Gasteiger partial charge in [-0.2, -0.15) is 0 Å². The Kier molecular flexibility index (Phi) is 6.24. The highest BCUT2D eigenvalue weighted by atomic mass is 32.2. The zero-order chi connectivity index (χ0) is 16.2. The lowest BCUT2D eigenvalue weighted by atomic mass is 9.96. The van der Waals surface area contributed by atoms with Crippen molar-refractivity contribution in [1.29, 1.82) is 0 Å². The predicted molar refractivity (Wildman–Crippen MR) is 78.1 cm³/mol. The van der Waals surface area contributed by atoms with Crippen LogP contribution in [0, 0.1) is 17.6 Å². The minimum Gasteiger partial charge on any atom is -0.326 e. The molecule has 0 aliphatic rings. The number of benzene rings is 1. The van der Waals surface area contributed by atoms with E-state index < -0.39 is 38.7 Å². The Morgan fingerprint density at radius 1 is 1.24 bits per heavy atom. The van der Waals surface area contributed by atoms with Crippen LogP contribution in [0.15, 0.2) is 17.0 Å². The van der Waals surface area contributed by atoms with Gasteiger partial charge in [0.2, 0.25) is 10.0 Å². The van der Waals surface area contributed by atoms with Gasteiger partial charge in [-0.25, -0.2) is 21.9 Å². The summed E-state index contributed by atoms with van der Waals surface area (Å²) in [6.07, 6.45) is 1.61. The Balaban J connectivity index is 3.15. The van der Waals surface area contributed by atoms with Gasteiger partial charge in [-0.15, -0.1) is 0 Å². The zero-order valence-corrected chi connectivity index (χ0v) is 13.3. The first-order chi connectivity index (χ1) is 9.78. The molecular formula is C14H22F2N2O2S. The van der Waals surface area contributed by atoms with Crippen LogP contribution >= 0.6 is 0 Å². The quantitative estimate of drug-likeness (QED) is 0.811. The predicted octanol–water partition coefficient (Wildman–Crippen LogP) is 2.53.